The van der Waals surface area contributed by atoms with Crippen LogP contribution in [0.4, 0.5) is 0 Å². The van der Waals surface area contributed by atoms with E-state index in [1.165, 1.54) is 12.3 Å². The van der Waals surface area contributed by atoms with Gasteiger partial charge < -0.3 is 14.6 Å². The van der Waals surface area contributed by atoms with Gasteiger partial charge in [-0.15, -0.1) is 0 Å². The highest BCUT2D eigenvalue weighted by Gasteiger charge is 2.05. The molecule has 132 valence electrons. The maximum atomic E-state index is 12.0. The number of aromatic hydroxyl groups is 1. The van der Waals surface area contributed by atoms with E-state index in [4.69, 9.17) is 9.47 Å². The van der Waals surface area contributed by atoms with E-state index < -0.39 is 0 Å². The first-order valence-corrected chi connectivity index (χ1v) is 8.16. The van der Waals surface area contributed by atoms with Crippen LogP contribution < -0.4 is 14.9 Å². The van der Waals surface area contributed by atoms with E-state index in [0.29, 0.717) is 35.8 Å². The Bertz CT molecular complexity index is 727. The predicted octanol–water partition coefficient (Wildman–Crippen LogP) is 3.34. The molecule has 25 heavy (non-hydrogen) atoms. The number of rotatable bonds is 8. The summed E-state index contributed by atoms with van der Waals surface area (Å²) in [5, 5.41) is 13.8. The molecule has 0 fully saturated rings. The molecule has 0 aliphatic carbocycles. The molecule has 2 rings (SSSR count). The van der Waals surface area contributed by atoms with Gasteiger partial charge in [0.1, 0.15) is 17.2 Å². The highest BCUT2D eigenvalue weighted by molar-refractivity contribution is 5.95. The summed E-state index contributed by atoms with van der Waals surface area (Å²) in [6.45, 7) is 5.06. The summed E-state index contributed by atoms with van der Waals surface area (Å²) in [5.74, 6) is 0.988. The van der Waals surface area contributed by atoms with E-state index >= 15 is 0 Å². The number of ether oxygens (including phenoxy) is 2. The summed E-state index contributed by atoms with van der Waals surface area (Å²) >= 11 is 0. The third-order valence-electron chi connectivity index (χ3n) is 3.27. The molecule has 0 aromatic heterocycles. The van der Waals surface area contributed by atoms with E-state index in [0.717, 1.165) is 6.42 Å². The van der Waals surface area contributed by atoms with Crippen molar-refractivity contribution in [3.05, 3.63) is 53.6 Å². The molecule has 1 amide bonds. The van der Waals surface area contributed by atoms with Crippen molar-refractivity contribution in [3.63, 3.8) is 0 Å². The van der Waals surface area contributed by atoms with Gasteiger partial charge in [-0.1, -0.05) is 6.92 Å². The van der Waals surface area contributed by atoms with Crippen LogP contribution in [0.3, 0.4) is 0 Å². The van der Waals surface area contributed by atoms with E-state index in [1.54, 1.807) is 36.4 Å². The molecular formula is C19H22N2O4. The number of amides is 1. The third kappa shape index (κ3) is 5.53. The van der Waals surface area contributed by atoms with Gasteiger partial charge in [0.2, 0.25) is 0 Å². The number of benzene rings is 2. The standard InChI is InChI=1S/C19H22N2O4/c1-3-11-25-17-10-7-15(18(22)12-17)13-20-21-19(23)14-5-8-16(9-6-14)24-4-2/h5-10,12-13,22H,3-4,11H2,1-2H3,(H,21,23)/b20-13+. The van der Waals surface area contributed by atoms with Crippen LogP contribution in [0.5, 0.6) is 17.2 Å². The molecular weight excluding hydrogens is 320 g/mol. The molecule has 0 saturated heterocycles. The molecule has 2 aromatic carbocycles. The molecule has 0 radical (unpaired) electrons. The average Bonchev–Trinajstić information content (AvgIpc) is 2.62. The first-order valence-electron chi connectivity index (χ1n) is 8.16. The van der Waals surface area contributed by atoms with Crippen LogP contribution in [0.2, 0.25) is 0 Å². The Morgan fingerprint density at radius 3 is 2.48 bits per heavy atom. The third-order valence-corrected chi connectivity index (χ3v) is 3.27. The number of hydrazone groups is 1. The second-order valence-electron chi connectivity index (χ2n) is 5.23. The zero-order valence-corrected chi connectivity index (χ0v) is 14.4. The van der Waals surface area contributed by atoms with E-state index in [9.17, 15) is 9.90 Å². The fourth-order valence-electron chi connectivity index (χ4n) is 2.04. The fourth-order valence-corrected chi connectivity index (χ4v) is 2.04. The van der Waals surface area contributed by atoms with Gasteiger partial charge in [0.25, 0.3) is 5.91 Å². The molecule has 0 unspecified atom stereocenters. The van der Waals surface area contributed by atoms with Crippen LogP contribution >= 0.6 is 0 Å². The molecule has 0 spiro atoms. The first-order chi connectivity index (χ1) is 12.1. The normalized spacial score (nSPS) is 10.6. The number of nitrogens with one attached hydrogen (secondary N) is 1. The Morgan fingerprint density at radius 1 is 1.12 bits per heavy atom. The zero-order chi connectivity index (χ0) is 18.1. The minimum Gasteiger partial charge on any atom is -0.507 e. The number of nitrogens with zero attached hydrogens (tertiary/aromatic N) is 1. The molecule has 0 bridgehead atoms. The van der Waals surface area contributed by atoms with E-state index in [1.807, 2.05) is 13.8 Å². The quantitative estimate of drug-likeness (QED) is 0.569. The van der Waals surface area contributed by atoms with Crippen molar-refractivity contribution >= 4 is 12.1 Å². The minimum atomic E-state index is -0.346. The maximum absolute atomic E-state index is 12.0. The fraction of sp³-hybridized carbons (Fsp3) is 0.263. The number of phenols is 1. The van der Waals surface area contributed by atoms with Gasteiger partial charge in [0.05, 0.1) is 19.4 Å². The number of carbonyl (C=O) groups excluding carboxylic acids is 1. The average molecular weight is 342 g/mol. The second-order valence-corrected chi connectivity index (χ2v) is 5.23. The number of carbonyl (C=O) groups is 1. The number of hydrogen-bond acceptors (Lipinski definition) is 5. The van der Waals surface area contributed by atoms with Gasteiger partial charge in [0, 0.05) is 17.2 Å². The Balaban J connectivity index is 1.94. The summed E-state index contributed by atoms with van der Waals surface area (Å²) in [7, 11) is 0. The highest BCUT2D eigenvalue weighted by Crippen LogP contribution is 2.22. The van der Waals surface area contributed by atoms with Gasteiger partial charge in [-0.3, -0.25) is 4.79 Å². The second kappa shape index (κ2) is 9.32. The molecule has 6 heteroatoms. The molecule has 0 aliphatic rings. The lowest BCUT2D eigenvalue weighted by molar-refractivity contribution is 0.0955. The van der Waals surface area contributed by atoms with Gasteiger partial charge in [0.15, 0.2) is 0 Å². The van der Waals surface area contributed by atoms with E-state index in [-0.39, 0.29) is 11.7 Å². The van der Waals surface area contributed by atoms with Gasteiger partial charge in [-0.25, -0.2) is 5.43 Å². The van der Waals surface area contributed by atoms with Crippen LogP contribution in [0.1, 0.15) is 36.2 Å². The van der Waals surface area contributed by atoms with Crippen molar-refractivity contribution in [1.82, 2.24) is 5.43 Å². The van der Waals surface area contributed by atoms with Gasteiger partial charge >= 0.3 is 0 Å². The predicted molar refractivity (Wildman–Crippen MR) is 96.6 cm³/mol. The van der Waals surface area contributed by atoms with Crippen LogP contribution in [0.25, 0.3) is 0 Å². The Hall–Kier alpha value is -3.02. The van der Waals surface area contributed by atoms with Gasteiger partial charge in [-0.2, -0.15) is 5.10 Å². The smallest absolute Gasteiger partial charge is 0.271 e. The summed E-state index contributed by atoms with van der Waals surface area (Å²) in [6, 6.07) is 11.7. The Kier molecular flexibility index (Phi) is 6.83. The summed E-state index contributed by atoms with van der Waals surface area (Å²) in [4.78, 5) is 12.0. The molecule has 2 aromatic rings. The van der Waals surface area contributed by atoms with Crippen LogP contribution in [-0.4, -0.2) is 30.4 Å². The summed E-state index contributed by atoms with van der Waals surface area (Å²) in [6.07, 6.45) is 2.27. The minimum absolute atomic E-state index is 0.0349. The van der Waals surface area contributed by atoms with Crippen molar-refractivity contribution < 1.29 is 19.4 Å². The molecule has 6 nitrogen and oxygen atoms in total. The summed E-state index contributed by atoms with van der Waals surface area (Å²) in [5.41, 5.74) is 3.37. The van der Waals surface area contributed by atoms with Crippen LogP contribution in [-0.2, 0) is 0 Å². The molecule has 2 N–H and O–H groups in total. The molecule has 0 heterocycles. The zero-order valence-electron chi connectivity index (χ0n) is 14.4. The number of phenolic OH excluding ortho intramolecular Hbond substituents is 1. The number of hydrogen-bond donors (Lipinski definition) is 2. The van der Waals surface area contributed by atoms with E-state index in [2.05, 4.69) is 10.5 Å². The van der Waals surface area contributed by atoms with Gasteiger partial charge in [-0.05, 0) is 49.7 Å². The molecule has 0 aliphatic heterocycles. The SMILES string of the molecule is CCCOc1ccc(/C=N/NC(=O)c2ccc(OCC)cc2)c(O)c1. The van der Waals surface area contributed by atoms with Crippen molar-refractivity contribution in [3.8, 4) is 17.2 Å². The Labute approximate surface area is 147 Å². The Morgan fingerprint density at radius 2 is 1.84 bits per heavy atom. The highest BCUT2D eigenvalue weighted by atomic mass is 16.5. The topological polar surface area (TPSA) is 80.2 Å². The van der Waals surface area contributed by atoms with Crippen LogP contribution in [0, 0.1) is 0 Å². The van der Waals surface area contributed by atoms with Crippen molar-refractivity contribution in [2.24, 2.45) is 5.10 Å². The van der Waals surface area contributed by atoms with Crippen molar-refractivity contribution in [1.29, 1.82) is 0 Å². The lowest BCUT2D eigenvalue weighted by Gasteiger charge is -2.06. The van der Waals surface area contributed by atoms with Crippen molar-refractivity contribution in [2.75, 3.05) is 13.2 Å². The summed E-state index contributed by atoms with van der Waals surface area (Å²) < 4.78 is 10.8. The monoisotopic (exact) mass is 342 g/mol. The molecule has 0 atom stereocenters. The van der Waals surface area contributed by atoms with Crippen molar-refractivity contribution in [2.45, 2.75) is 20.3 Å². The lowest BCUT2D eigenvalue weighted by Crippen LogP contribution is -2.17. The largest absolute Gasteiger partial charge is 0.507 e. The molecule has 0 saturated carbocycles. The maximum Gasteiger partial charge on any atom is 0.271 e. The van der Waals surface area contributed by atoms with Crippen LogP contribution in [0.15, 0.2) is 47.6 Å². The lowest BCUT2D eigenvalue weighted by atomic mass is 10.2. The first kappa shape index (κ1) is 18.3.